The lowest BCUT2D eigenvalue weighted by Crippen LogP contribution is -2.17. The first kappa shape index (κ1) is 11.4. The molecule has 4 nitrogen and oxygen atoms in total. The molecule has 0 saturated heterocycles. The van der Waals surface area contributed by atoms with Gasteiger partial charge in [-0.15, -0.1) is 0 Å². The summed E-state index contributed by atoms with van der Waals surface area (Å²) in [6, 6.07) is 0. The number of carboxylic acids is 1. The second-order valence-electron chi connectivity index (χ2n) is 2.91. The lowest BCUT2D eigenvalue weighted by atomic mass is 10.2. The summed E-state index contributed by atoms with van der Waals surface area (Å²) in [6.07, 6.45) is -4.73. The van der Waals surface area contributed by atoms with Gasteiger partial charge in [0.25, 0.3) is 0 Å². The number of rotatable bonds is 1. The molecule has 1 aromatic rings. The highest BCUT2D eigenvalue weighted by molar-refractivity contribution is 5.87. The lowest BCUT2D eigenvalue weighted by molar-refractivity contribution is -0.145. The van der Waals surface area contributed by atoms with E-state index in [0.717, 1.165) is 0 Å². The maximum absolute atomic E-state index is 12.2. The predicted molar refractivity (Wildman–Crippen MR) is 43.5 cm³/mol. The smallest absolute Gasteiger partial charge is 0.451 e. The Kier molecular flexibility index (Phi) is 2.65. The van der Waals surface area contributed by atoms with E-state index in [0.29, 0.717) is 0 Å². The van der Waals surface area contributed by atoms with Gasteiger partial charge in [-0.1, -0.05) is 0 Å². The molecule has 0 amide bonds. The van der Waals surface area contributed by atoms with E-state index in [1.165, 1.54) is 13.8 Å². The fourth-order valence-corrected chi connectivity index (χ4v) is 0.964. The summed E-state index contributed by atoms with van der Waals surface area (Å²) in [5.74, 6) is -2.92. The molecule has 0 bridgehead atoms. The number of aryl methyl sites for hydroxylation is 1. The summed E-state index contributed by atoms with van der Waals surface area (Å²) in [7, 11) is 0. The Morgan fingerprint density at radius 2 is 1.80 bits per heavy atom. The minimum absolute atomic E-state index is 0.00900. The van der Waals surface area contributed by atoms with Crippen LogP contribution in [0.5, 0.6) is 0 Å². The quantitative estimate of drug-likeness (QED) is 0.783. The number of nitrogens with zero attached hydrogens (tertiary/aromatic N) is 2. The maximum atomic E-state index is 12.2. The van der Waals surface area contributed by atoms with E-state index < -0.39 is 23.7 Å². The highest BCUT2D eigenvalue weighted by Crippen LogP contribution is 2.27. The van der Waals surface area contributed by atoms with Crippen molar-refractivity contribution in [2.45, 2.75) is 20.0 Å². The molecule has 0 atom stereocenters. The van der Waals surface area contributed by atoms with E-state index in [1.807, 2.05) is 0 Å². The Bertz CT molecular complexity index is 415. The van der Waals surface area contributed by atoms with Gasteiger partial charge in [0.2, 0.25) is 5.82 Å². The molecule has 1 heterocycles. The van der Waals surface area contributed by atoms with Gasteiger partial charge in [0.05, 0.1) is 0 Å². The molecule has 0 spiro atoms. The van der Waals surface area contributed by atoms with Crippen molar-refractivity contribution in [2.24, 2.45) is 0 Å². The first-order valence-corrected chi connectivity index (χ1v) is 3.89. The molecule has 0 fully saturated rings. The fraction of sp³-hybridized carbons (Fsp3) is 0.375. The van der Waals surface area contributed by atoms with Gasteiger partial charge < -0.3 is 5.11 Å². The number of hydrogen-bond acceptors (Lipinski definition) is 3. The number of carboxylic acid groups (broad SMARTS) is 1. The zero-order valence-corrected chi connectivity index (χ0v) is 7.88. The summed E-state index contributed by atoms with van der Waals surface area (Å²) in [5.41, 5.74) is -0.472. The van der Waals surface area contributed by atoms with Crippen molar-refractivity contribution in [1.82, 2.24) is 9.97 Å². The van der Waals surface area contributed by atoms with Gasteiger partial charge >= 0.3 is 12.1 Å². The Balaban J connectivity index is 3.43. The number of aromatic carboxylic acids is 1. The molecule has 0 unspecified atom stereocenters. The molecular formula is C8H7F3N2O2. The van der Waals surface area contributed by atoms with Crippen molar-refractivity contribution in [3.05, 3.63) is 22.8 Å². The van der Waals surface area contributed by atoms with Gasteiger partial charge in [-0.3, -0.25) is 0 Å². The van der Waals surface area contributed by atoms with Crippen LogP contribution in [0.25, 0.3) is 0 Å². The standard InChI is InChI=1S/C8H7F3N2O2/c1-3-4(2)12-7(8(9,10)11)13-5(3)6(14)15/h1-2H3,(H,14,15). The highest BCUT2D eigenvalue weighted by Gasteiger charge is 2.36. The minimum atomic E-state index is -4.73. The molecule has 1 rings (SSSR count). The van der Waals surface area contributed by atoms with Crippen LogP contribution in [0.1, 0.15) is 27.6 Å². The van der Waals surface area contributed by atoms with Gasteiger partial charge in [0, 0.05) is 11.3 Å². The fourth-order valence-electron chi connectivity index (χ4n) is 0.964. The van der Waals surface area contributed by atoms with Crippen molar-refractivity contribution < 1.29 is 23.1 Å². The largest absolute Gasteiger partial charge is 0.477 e. The molecule has 1 aromatic heterocycles. The van der Waals surface area contributed by atoms with Gasteiger partial charge in [0.1, 0.15) is 0 Å². The maximum Gasteiger partial charge on any atom is 0.451 e. The SMILES string of the molecule is Cc1nc(C(F)(F)F)nc(C(=O)O)c1C. The van der Waals surface area contributed by atoms with E-state index in [2.05, 4.69) is 9.97 Å². The first-order chi connectivity index (χ1) is 6.73. The first-order valence-electron chi connectivity index (χ1n) is 3.89. The predicted octanol–water partition coefficient (Wildman–Crippen LogP) is 1.81. The van der Waals surface area contributed by atoms with Gasteiger partial charge in [-0.2, -0.15) is 13.2 Å². The zero-order valence-electron chi connectivity index (χ0n) is 7.88. The lowest BCUT2D eigenvalue weighted by Gasteiger charge is -2.09. The molecule has 0 saturated carbocycles. The number of hydrogen-bond donors (Lipinski definition) is 1. The number of halogens is 3. The average molecular weight is 220 g/mol. The third-order valence-electron chi connectivity index (χ3n) is 1.85. The second-order valence-corrected chi connectivity index (χ2v) is 2.91. The third-order valence-corrected chi connectivity index (χ3v) is 1.85. The highest BCUT2D eigenvalue weighted by atomic mass is 19.4. The summed E-state index contributed by atoms with van der Waals surface area (Å²) in [5, 5.41) is 8.62. The van der Waals surface area contributed by atoms with E-state index >= 15 is 0 Å². The molecule has 0 aliphatic carbocycles. The van der Waals surface area contributed by atoms with Gasteiger partial charge in [-0.25, -0.2) is 14.8 Å². The van der Waals surface area contributed by atoms with Crippen LogP contribution in [0.3, 0.4) is 0 Å². The second kappa shape index (κ2) is 3.48. The number of carbonyl (C=O) groups is 1. The van der Waals surface area contributed by atoms with E-state index in [1.54, 1.807) is 0 Å². The normalized spacial score (nSPS) is 11.5. The molecule has 0 aliphatic rings. The Morgan fingerprint density at radius 3 is 2.20 bits per heavy atom. The van der Waals surface area contributed by atoms with Crippen LogP contribution < -0.4 is 0 Å². The van der Waals surface area contributed by atoms with Crippen LogP contribution in [0.4, 0.5) is 13.2 Å². The average Bonchev–Trinajstić information content (AvgIpc) is 2.06. The Hall–Kier alpha value is -1.66. The van der Waals surface area contributed by atoms with E-state index in [4.69, 9.17) is 5.11 Å². The van der Waals surface area contributed by atoms with Crippen molar-refractivity contribution in [1.29, 1.82) is 0 Å². The molecular weight excluding hydrogens is 213 g/mol. The topological polar surface area (TPSA) is 63.1 Å². The molecule has 0 aromatic carbocycles. The van der Waals surface area contributed by atoms with Crippen LogP contribution in [0.15, 0.2) is 0 Å². The summed E-state index contributed by atoms with van der Waals surface area (Å²) in [4.78, 5) is 16.8. The molecule has 0 aliphatic heterocycles. The summed E-state index contributed by atoms with van der Waals surface area (Å²) < 4.78 is 36.7. The minimum Gasteiger partial charge on any atom is -0.477 e. The van der Waals surface area contributed by atoms with Crippen molar-refractivity contribution in [2.75, 3.05) is 0 Å². The van der Waals surface area contributed by atoms with E-state index in [9.17, 15) is 18.0 Å². The summed E-state index contributed by atoms with van der Waals surface area (Å²) in [6.45, 7) is 2.66. The van der Waals surface area contributed by atoms with Crippen LogP contribution in [0, 0.1) is 13.8 Å². The molecule has 7 heteroatoms. The third kappa shape index (κ3) is 2.23. The molecule has 1 N–H and O–H groups in total. The molecule has 15 heavy (non-hydrogen) atoms. The van der Waals surface area contributed by atoms with E-state index in [-0.39, 0.29) is 11.3 Å². The Labute approximate surface area is 82.8 Å². The van der Waals surface area contributed by atoms with Crippen LogP contribution in [-0.4, -0.2) is 21.0 Å². The molecule has 82 valence electrons. The Morgan fingerprint density at radius 1 is 1.27 bits per heavy atom. The van der Waals surface area contributed by atoms with Gasteiger partial charge in [-0.05, 0) is 13.8 Å². The zero-order chi connectivity index (χ0) is 11.8. The molecule has 0 radical (unpaired) electrons. The summed E-state index contributed by atoms with van der Waals surface area (Å²) >= 11 is 0. The van der Waals surface area contributed by atoms with Crippen LogP contribution in [0.2, 0.25) is 0 Å². The van der Waals surface area contributed by atoms with Crippen LogP contribution >= 0.6 is 0 Å². The number of aromatic nitrogens is 2. The van der Waals surface area contributed by atoms with Crippen LogP contribution in [-0.2, 0) is 6.18 Å². The van der Waals surface area contributed by atoms with Crippen molar-refractivity contribution in [3.8, 4) is 0 Å². The number of alkyl halides is 3. The van der Waals surface area contributed by atoms with Gasteiger partial charge in [0.15, 0.2) is 5.69 Å². The van der Waals surface area contributed by atoms with Crippen molar-refractivity contribution >= 4 is 5.97 Å². The van der Waals surface area contributed by atoms with Crippen molar-refractivity contribution in [3.63, 3.8) is 0 Å². The monoisotopic (exact) mass is 220 g/mol.